The molecule has 0 aliphatic rings. The number of rotatable bonds is 7. The molecule has 0 radical (unpaired) electrons. The molecule has 110 valence electrons. The molecule has 4 heteroatoms. The van der Waals surface area contributed by atoms with E-state index in [1.54, 1.807) is 0 Å². The lowest BCUT2D eigenvalue weighted by molar-refractivity contribution is 0.462. The highest BCUT2D eigenvalue weighted by atomic mass is 15.3. The van der Waals surface area contributed by atoms with Gasteiger partial charge in [-0.1, -0.05) is 27.7 Å². The van der Waals surface area contributed by atoms with Crippen molar-refractivity contribution in [1.29, 1.82) is 0 Å². The van der Waals surface area contributed by atoms with E-state index in [0.717, 1.165) is 31.2 Å². The third kappa shape index (κ3) is 4.86. The van der Waals surface area contributed by atoms with E-state index in [-0.39, 0.29) is 6.04 Å². The summed E-state index contributed by atoms with van der Waals surface area (Å²) in [6.45, 7) is 12.8. The minimum atomic E-state index is 0.261. The molecule has 1 rings (SSSR count). The molecule has 1 aromatic heterocycles. The zero-order chi connectivity index (χ0) is 14.6. The third-order valence-electron chi connectivity index (χ3n) is 3.43. The fraction of sp³-hybridized carbons (Fsp3) is 0.800. The van der Waals surface area contributed by atoms with Gasteiger partial charge < -0.3 is 15.2 Å². The first-order valence-electron chi connectivity index (χ1n) is 7.31. The Hall–Kier alpha value is -1.03. The van der Waals surface area contributed by atoms with Crippen LogP contribution in [0.3, 0.4) is 0 Å². The molecular formula is C15H30N4. The Labute approximate surface area is 118 Å². The molecule has 0 aromatic carbocycles. The molecule has 0 saturated carbocycles. The molecule has 2 N–H and O–H groups in total. The Morgan fingerprint density at radius 2 is 1.95 bits per heavy atom. The average Bonchev–Trinajstić information content (AvgIpc) is 2.65. The van der Waals surface area contributed by atoms with Crippen LogP contribution in [0.4, 0.5) is 5.95 Å². The van der Waals surface area contributed by atoms with Gasteiger partial charge in [0.2, 0.25) is 5.95 Å². The molecule has 1 heterocycles. The maximum atomic E-state index is 6.11. The van der Waals surface area contributed by atoms with E-state index in [2.05, 4.69) is 55.4 Å². The number of hydrogen-bond acceptors (Lipinski definition) is 3. The van der Waals surface area contributed by atoms with Crippen molar-refractivity contribution < 1.29 is 0 Å². The van der Waals surface area contributed by atoms with Crippen molar-refractivity contribution in [2.24, 2.45) is 17.6 Å². The predicted molar refractivity (Wildman–Crippen MR) is 82.5 cm³/mol. The molecule has 0 spiro atoms. The van der Waals surface area contributed by atoms with Crippen LogP contribution in [0, 0.1) is 18.8 Å². The third-order valence-corrected chi connectivity index (χ3v) is 3.43. The van der Waals surface area contributed by atoms with Gasteiger partial charge in [-0.15, -0.1) is 0 Å². The lowest BCUT2D eigenvalue weighted by Gasteiger charge is -2.23. The van der Waals surface area contributed by atoms with Crippen LogP contribution in [0.1, 0.15) is 39.8 Å². The number of aryl methyl sites for hydroxylation is 1. The van der Waals surface area contributed by atoms with Gasteiger partial charge in [0.05, 0.1) is 5.69 Å². The topological polar surface area (TPSA) is 47.1 Å². The van der Waals surface area contributed by atoms with E-state index < -0.39 is 0 Å². The lowest BCUT2D eigenvalue weighted by atomic mass is 10.0. The summed E-state index contributed by atoms with van der Waals surface area (Å²) in [5.41, 5.74) is 7.19. The van der Waals surface area contributed by atoms with Gasteiger partial charge in [-0.2, -0.15) is 0 Å². The van der Waals surface area contributed by atoms with Crippen molar-refractivity contribution >= 4 is 5.95 Å². The van der Waals surface area contributed by atoms with Crippen LogP contribution < -0.4 is 10.6 Å². The van der Waals surface area contributed by atoms with E-state index in [4.69, 9.17) is 5.73 Å². The highest BCUT2D eigenvalue weighted by molar-refractivity contribution is 5.32. The van der Waals surface area contributed by atoms with Crippen LogP contribution in [0.2, 0.25) is 0 Å². The summed E-state index contributed by atoms with van der Waals surface area (Å²) >= 11 is 0. The summed E-state index contributed by atoms with van der Waals surface area (Å²) in [5, 5.41) is 0. The average molecular weight is 266 g/mol. The van der Waals surface area contributed by atoms with Gasteiger partial charge in [0, 0.05) is 32.4 Å². The van der Waals surface area contributed by atoms with Gasteiger partial charge in [0.1, 0.15) is 0 Å². The standard InChI is InChI=1S/C15H30N4/c1-11(2)9-19-10-13(5)17-15(19)18(6)8-7-14(16)12(3)4/h10-12,14H,7-9,16H2,1-6H3. The molecule has 0 bridgehead atoms. The normalized spacial score (nSPS) is 13.3. The van der Waals surface area contributed by atoms with Crippen LogP contribution in [0.15, 0.2) is 6.20 Å². The molecule has 0 aliphatic heterocycles. The second-order valence-corrected chi connectivity index (χ2v) is 6.35. The first-order valence-corrected chi connectivity index (χ1v) is 7.31. The second kappa shape index (κ2) is 6.94. The number of hydrogen-bond donors (Lipinski definition) is 1. The summed E-state index contributed by atoms with van der Waals surface area (Å²) in [7, 11) is 2.10. The van der Waals surface area contributed by atoms with Crippen LogP contribution in [0.5, 0.6) is 0 Å². The van der Waals surface area contributed by atoms with Crippen molar-refractivity contribution in [3.63, 3.8) is 0 Å². The Morgan fingerprint density at radius 1 is 1.32 bits per heavy atom. The maximum absolute atomic E-state index is 6.11. The van der Waals surface area contributed by atoms with Crippen LogP contribution in [-0.4, -0.2) is 29.2 Å². The monoisotopic (exact) mass is 266 g/mol. The van der Waals surface area contributed by atoms with Crippen LogP contribution in [0.25, 0.3) is 0 Å². The van der Waals surface area contributed by atoms with Gasteiger partial charge in [-0.05, 0) is 25.2 Å². The highest BCUT2D eigenvalue weighted by Crippen LogP contribution is 2.16. The largest absolute Gasteiger partial charge is 0.345 e. The van der Waals surface area contributed by atoms with E-state index in [1.165, 1.54) is 0 Å². The van der Waals surface area contributed by atoms with E-state index in [9.17, 15) is 0 Å². The number of nitrogens with two attached hydrogens (primary N) is 1. The minimum Gasteiger partial charge on any atom is -0.345 e. The van der Waals surface area contributed by atoms with Gasteiger partial charge in [0.15, 0.2) is 0 Å². The van der Waals surface area contributed by atoms with Gasteiger partial charge in [-0.3, -0.25) is 0 Å². The maximum Gasteiger partial charge on any atom is 0.205 e. The molecule has 0 aliphatic carbocycles. The Balaban J connectivity index is 2.68. The minimum absolute atomic E-state index is 0.261. The first kappa shape index (κ1) is 16.0. The zero-order valence-electron chi connectivity index (χ0n) is 13.3. The van der Waals surface area contributed by atoms with Gasteiger partial charge in [-0.25, -0.2) is 4.98 Å². The number of nitrogens with zero attached hydrogens (tertiary/aromatic N) is 3. The predicted octanol–water partition coefficient (Wildman–Crippen LogP) is 2.66. The Kier molecular flexibility index (Phi) is 5.85. The summed E-state index contributed by atoms with van der Waals surface area (Å²) in [4.78, 5) is 6.85. The van der Waals surface area contributed by atoms with E-state index in [0.29, 0.717) is 11.8 Å². The Bertz CT molecular complexity index is 381. The SMILES string of the molecule is Cc1cn(CC(C)C)c(N(C)CCC(N)C(C)C)n1. The van der Waals surface area contributed by atoms with Gasteiger partial charge >= 0.3 is 0 Å². The smallest absolute Gasteiger partial charge is 0.205 e. The highest BCUT2D eigenvalue weighted by Gasteiger charge is 2.14. The summed E-state index contributed by atoms with van der Waals surface area (Å²) in [6, 6.07) is 0.261. The van der Waals surface area contributed by atoms with Gasteiger partial charge in [0.25, 0.3) is 0 Å². The summed E-state index contributed by atoms with van der Waals surface area (Å²) < 4.78 is 2.25. The molecule has 1 unspecified atom stereocenters. The molecule has 0 amide bonds. The number of aromatic nitrogens is 2. The van der Waals surface area contributed by atoms with Crippen molar-refractivity contribution in [3.8, 4) is 0 Å². The van der Waals surface area contributed by atoms with Crippen molar-refractivity contribution in [1.82, 2.24) is 9.55 Å². The molecule has 1 atom stereocenters. The summed E-state index contributed by atoms with van der Waals surface area (Å²) in [5.74, 6) is 2.21. The fourth-order valence-corrected chi connectivity index (χ4v) is 2.14. The summed E-state index contributed by atoms with van der Waals surface area (Å²) in [6.07, 6.45) is 3.13. The fourth-order valence-electron chi connectivity index (χ4n) is 2.14. The number of anilines is 1. The van der Waals surface area contributed by atoms with Crippen molar-refractivity contribution in [2.45, 2.75) is 53.6 Å². The van der Waals surface area contributed by atoms with E-state index in [1.807, 2.05) is 6.92 Å². The molecular weight excluding hydrogens is 236 g/mol. The first-order chi connectivity index (χ1) is 8.81. The van der Waals surface area contributed by atoms with Crippen molar-refractivity contribution in [3.05, 3.63) is 11.9 Å². The van der Waals surface area contributed by atoms with E-state index >= 15 is 0 Å². The lowest BCUT2D eigenvalue weighted by Crippen LogP contribution is -2.32. The Morgan fingerprint density at radius 3 is 2.47 bits per heavy atom. The molecule has 0 fully saturated rings. The van der Waals surface area contributed by atoms with Crippen LogP contribution in [-0.2, 0) is 6.54 Å². The van der Waals surface area contributed by atoms with Crippen molar-refractivity contribution in [2.75, 3.05) is 18.5 Å². The molecule has 1 aromatic rings. The quantitative estimate of drug-likeness (QED) is 0.825. The van der Waals surface area contributed by atoms with Crippen LogP contribution >= 0.6 is 0 Å². The number of imidazole rings is 1. The zero-order valence-corrected chi connectivity index (χ0v) is 13.3. The molecule has 4 nitrogen and oxygen atoms in total. The molecule has 0 saturated heterocycles. The molecule has 19 heavy (non-hydrogen) atoms. The second-order valence-electron chi connectivity index (χ2n) is 6.35.